The van der Waals surface area contributed by atoms with Crippen LogP contribution in [0.1, 0.15) is 11.1 Å². The van der Waals surface area contributed by atoms with Gasteiger partial charge in [0.15, 0.2) is 17.5 Å². The van der Waals surface area contributed by atoms with Crippen LogP contribution in [0, 0.1) is 17.5 Å². The van der Waals surface area contributed by atoms with Gasteiger partial charge in [-0.25, -0.2) is 13.2 Å². The summed E-state index contributed by atoms with van der Waals surface area (Å²) in [6, 6.07) is 9.63. The molecule has 0 aliphatic heterocycles. The van der Waals surface area contributed by atoms with Crippen LogP contribution >= 0.6 is 15.9 Å². The summed E-state index contributed by atoms with van der Waals surface area (Å²) in [6.45, 7) is 0.803. The first kappa shape index (κ1) is 14.1. The Morgan fingerprint density at radius 1 is 0.947 bits per heavy atom. The monoisotopic (exact) mass is 329 g/mol. The standard InChI is InChI=1S/C14H11BrF3N/c15-11-4-2-1-3-10(11)8-19-7-9-5-12(16)14(18)13(17)6-9/h1-6,19H,7-8H2. The summed E-state index contributed by atoms with van der Waals surface area (Å²) in [7, 11) is 0. The fourth-order valence-corrected chi connectivity index (χ4v) is 2.12. The molecule has 0 heterocycles. The zero-order chi connectivity index (χ0) is 13.8. The first-order valence-electron chi connectivity index (χ1n) is 5.65. The van der Waals surface area contributed by atoms with Crippen molar-refractivity contribution in [2.24, 2.45) is 0 Å². The number of nitrogens with one attached hydrogen (secondary N) is 1. The minimum atomic E-state index is -1.44. The number of benzene rings is 2. The number of hydrogen-bond acceptors (Lipinski definition) is 1. The Morgan fingerprint density at radius 2 is 1.58 bits per heavy atom. The van der Waals surface area contributed by atoms with Crippen molar-refractivity contribution in [1.82, 2.24) is 5.32 Å². The van der Waals surface area contributed by atoms with Gasteiger partial charge in [-0.2, -0.15) is 0 Å². The Labute approximate surface area is 117 Å². The lowest BCUT2D eigenvalue weighted by Gasteiger charge is -2.07. The molecule has 0 saturated heterocycles. The van der Waals surface area contributed by atoms with Crippen LogP contribution < -0.4 is 5.32 Å². The molecule has 0 atom stereocenters. The summed E-state index contributed by atoms with van der Waals surface area (Å²) in [4.78, 5) is 0. The lowest BCUT2D eigenvalue weighted by Crippen LogP contribution is -2.13. The van der Waals surface area contributed by atoms with Gasteiger partial charge in [-0.1, -0.05) is 34.1 Å². The lowest BCUT2D eigenvalue weighted by atomic mass is 10.2. The van der Waals surface area contributed by atoms with Crippen LogP contribution in [0.25, 0.3) is 0 Å². The van der Waals surface area contributed by atoms with Crippen LogP contribution in [0.15, 0.2) is 40.9 Å². The molecule has 0 spiro atoms. The summed E-state index contributed by atoms with van der Waals surface area (Å²) in [5, 5.41) is 3.05. The molecule has 0 unspecified atom stereocenters. The second-order valence-corrected chi connectivity index (χ2v) is 4.92. The molecule has 5 heteroatoms. The summed E-state index contributed by atoms with van der Waals surface area (Å²) in [5.74, 6) is -3.77. The minimum absolute atomic E-state index is 0.259. The minimum Gasteiger partial charge on any atom is -0.309 e. The average Bonchev–Trinajstić information content (AvgIpc) is 2.38. The molecule has 0 fully saturated rings. The third-order valence-electron chi connectivity index (χ3n) is 2.65. The highest BCUT2D eigenvalue weighted by Crippen LogP contribution is 2.16. The zero-order valence-electron chi connectivity index (χ0n) is 9.89. The van der Waals surface area contributed by atoms with Crippen LogP contribution in [0.4, 0.5) is 13.2 Å². The van der Waals surface area contributed by atoms with Gasteiger partial charge in [-0.05, 0) is 29.3 Å². The molecular weight excluding hydrogens is 319 g/mol. The van der Waals surface area contributed by atoms with Gasteiger partial charge in [-0.15, -0.1) is 0 Å². The topological polar surface area (TPSA) is 12.0 Å². The fraction of sp³-hybridized carbons (Fsp3) is 0.143. The molecular formula is C14H11BrF3N. The Balaban J connectivity index is 1.98. The number of rotatable bonds is 4. The average molecular weight is 330 g/mol. The van der Waals surface area contributed by atoms with Crippen molar-refractivity contribution in [2.45, 2.75) is 13.1 Å². The fourth-order valence-electron chi connectivity index (χ4n) is 1.69. The third-order valence-corrected chi connectivity index (χ3v) is 3.42. The van der Waals surface area contributed by atoms with Crippen molar-refractivity contribution >= 4 is 15.9 Å². The maximum Gasteiger partial charge on any atom is 0.194 e. The van der Waals surface area contributed by atoms with Gasteiger partial charge in [0.25, 0.3) is 0 Å². The van der Waals surface area contributed by atoms with E-state index in [4.69, 9.17) is 0 Å². The molecule has 0 aliphatic rings. The summed E-state index contributed by atoms with van der Waals surface area (Å²) in [5.41, 5.74) is 1.40. The van der Waals surface area contributed by atoms with Gasteiger partial charge < -0.3 is 5.32 Å². The Hall–Kier alpha value is -1.33. The molecule has 2 aromatic carbocycles. The molecule has 0 bridgehead atoms. The van der Waals surface area contributed by atoms with Crippen molar-refractivity contribution in [2.75, 3.05) is 0 Å². The van der Waals surface area contributed by atoms with Crippen LogP contribution in [-0.4, -0.2) is 0 Å². The molecule has 0 saturated carbocycles. The second kappa shape index (κ2) is 6.21. The molecule has 2 rings (SSSR count). The quantitative estimate of drug-likeness (QED) is 0.830. The van der Waals surface area contributed by atoms with Crippen molar-refractivity contribution in [3.63, 3.8) is 0 Å². The molecule has 0 amide bonds. The van der Waals surface area contributed by atoms with Gasteiger partial charge in [0.2, 0.25) is 0 Å². The van der Waals surface area contributed by atoms with Gasteiger partial charge in [-0.3, -0.25) is 0 Å². The van der Waals surface area contributed by atoms with E-state index in [1.165, 1.54) is 0 Å². The lowest BCUT2D eigenvalue weighted by molar-refractivity contribution is 0.444. The zero-order valence-corrected chi connectivity index (χ0v) is 11.5. The van der Waals surface area contributed by atoms with Crippen LogP contribution in [0.2, 0.25) is 0 Å². The largest absolute Gasteiger partial charge is 0.309 e. The molecule has 1 N–H and O–H groups in total. The molecule has 2 aromatic rings. The summed E-state index contributed by atoms with van der Waals surface area (Å²) in [6.07, 6.45) is 0. The maximum atomic E-state index is 13.0. The summed E-state index contributed by atoms with van der Waals surface area (Å²) >= 11 is 3.41. The van der Waals surface area contributed by atoms with E-state index in [2.05, 4.69) is 21.2 Å². The van der Waals surface area contributed by atoms with Crippen LogP contribution in [0.5, 0.6) is 0 Å². The summed E-state index contributed by atoms with van der Waals surface area (Å²) < 4.78 is 39.7. The molecule has 1 nitrogen and oxygen atoms in total. The van der Waals surface area contributed by atoms with Crippen LogP contribution in [-0.2, 0) is 13.1 Å². The Morgan fingerprint density at radius 3 is 2.21 bits per heavy atom. The van der Waals surface area contributed by atoms with E-state index < -0.39 is 17.5 Å². The van der Waals surface area contributed by atoms with E-state index in [1.54, 1.807) is 0 Å². The van der Waals surface area contributed by atoms with E-state index in [0.29, 0.717) is 12.1 Å². The van der Waals surface area contributed by atoms with E-state index in [9.17, 15) is 13.2 Å². The first-order valence-corrected chi connectivity index (χ1v) is 6.45. The number of hydrogen-bond donors (Lipinski definition) is 1. The predicted octanol–water partition coefficient (Wildman–Crippen LogP) is 4.16. The van der Waals surface area contributed by atoms with Crippen molar-refractivity contribution in [1.29, 1.82) is 0 Å². The smallest absolute Gasteiger partial charge is 0.194 e. The second-order valence-electron chi connectivity index (χ2n) is 4.07. The number of halogens is 4. The van der Waals surface area contributed by atoms with Gasteiger partial charge in [0.05, 0.1) is 0 Å². The molecule has 0 radical (unpaired) electrons. The first-order chi connectivity index (χ1) is 9.08. The molecule has 0 aromatic heterocycles. The molecule has 100 valence electrons. The van der Waals surface area contributed by atoms with Gasteiger partial charge >= 0.3 is 0 Å². The molecule has 19 heavy (non-hydrogen) atoms. The Bertz CT molecular complexity index is 564. The van der Waals surface area contributed by atoms with Gasteiger partial charge in [0, 0.05) is 17.6 Å². The SMILES string of the molecule is Fc1cc(CNCc2ccccc2Br)cc(F)c1F. The highest BCUT2D eigenvalue weighted by Gasteiger charge is 2.10. The van der Waals surface area contributed by atoms with Gasteiger partial charge in [0.1, 0.15) is 0 Å². The highest BCUT2D eigenvalue weighted by molar-refractivity contribution is 9.10. The predicted molar refractivity (Wildman–Crippen MR) is 71.0 cm³/mol. The van der Waals surface area contributed by atoms with E-state index in [-0.39, 0.29) is 6.54 Å². The van der Waals surface area contributed by atoms with Crippen molar-refractivity contribution < 1.29 is 13.2 Å². The van der Waals surface area contributed by atoms with E-state index in [1.807, 2.05) is 24.3 Å². The Kier molecular flexibility index (Phi) is 4.61. The highest BCUT2D eigenvalue weighted by atomic mass is 79.9. The normalized spacial score (nSPS) is 10.7. The third kappa shape index (κ3) is 3.58. The van der Waals surface area contributed by atoms with E-state index >= 15 is 0 Å². The van der Waals surface area contributed by atoms with E-state index in [0.717, 1.165) is 22.2 Å². The van der Waals surface area contributed by atoms with Crippen LogP contribution in [0.3, 0.4) is 0 Å². The molecule has 0 aliphatic carbocycles. The van der Waals surface area contributed by atoms with Crippen molar-refractivity contribution in [3.05, 3.63) is 69.4 Å². The van der Waals surface area contributed by atoms with Crippen molar-refractivity contribution in [3.8, 4) is 0 Å². The maximum absolute atomic E-state index is 13.0.